The first kappa shape index (κ1) is 21.4. The molecule has 6 nitrogen and oxygen atoms in total. The number of rotatable bonds is 7. The van der Waals surface area contributed by atoms with E-state index in [1.54, 1.807) is 14.0 Å². The predicted octanol–water partition coefficient (Wildman–Crippen LogP) is 4.89. The van der Waals surface area contributed by atoms with Crippen LogP contribution < -0.4 is 10.1 Å². The number of fused-ring (bicyclic) bond motifs is 1. The van der Waals surface area contributed by atoms with Gasteiger partial charge in [-0.1, -0.05) is 30.3 Å². The SMILES string of the molecule is COc1ccc([C@H](CNC(=O)c2[nH]c(C)c(C(C)=O)c2C)c2c[nH]c3ccccc23)cc1. The van der Waals surface area contributed by atoms with Crippen molar-refractivity contribution in [2.75, 3.05) is 13.7 Å². The Morgan fingerprint density at radius 1 is 1.06 bits per heavy atom. The number of Topliss-reactive ketones (excluding diaryl/α,β-unsaturated/α-hetero) is 1. The summed E-state index contributed by atoms with van der Waals surface area (Å²) in [5.41, 5.74) is 5.63. The number of ether oxygens (including phenoxy) is 1. The summed E-state index contributed by atoms with van der Waals surface area (Å²) in [4.78, 5) is 31.4. The first-order valence-electron chi connectivity index (χ1n) is 10.6. The Labute approximate surface area is 187 Å². The van der Waals surface area contributed by atoms with Gasteiger partial charge in [0.1, 0.15) is 11.4 Å². The standard InChI is InChI=1S/C26H27N3O3/c1-15-24(17(3)30)16(2)29-25(15)26(31)28-13-21(18-9-11-19(32-4)12-10-18)22-14-27-23-8-6-5-7-20(22)23/h5-12,14,21,27,29H,13H2,1-4H3,(H,28,31)/t21-/m0/s1. The van der Waals surface area contributed by atoms with Crippen molar-refractivity contribution in [1.82, 2.24) is 15.3 Å². The maximum Gasteiger partial charge on any atom is 0.268 e. The molecule has 32 heavy (non-hydrogen) atoms. The molecule has 0 aliphatic rings. The number of aromatic nitrogens is 2. The molecule has 0 spiro atoms. The van der Waals surface area contributed by atoms with E-state index in [2.05, 4.69) is 21.4 Å². The average Bonchev–Trinajstić information content (AvgIpc) is 3.34. The quantitative estimate of drug-likeness (QED) is 0.366. The van der Waals surface area contributed by atoms with E-state index < -0.39 is 0 Å². The molecule has 0 radical (unpaired) electrons. The van der Waals surface area contributed by atoms with Gasteiger partial charge in [0.15, 0.2) is 5.78 Å². The van der Waals surface area contributed by atoms with Crippen LogP contribution in [0.2, 0.25) is 0 Å². The van der Waals surface area contributed by atoms with Crippen LogP contribution in [-0.4, -0.2) is 35.3 Å². The van der Waals surface area contributed by atoms with E-state index in [4.69, 9.17) is 4.74 Å². The van der Waals surface area contributed by atoms with E-state index in [0.29, 0.717) is 29.1 Å². The van der Waals surface area contributed by atoms with Crippen molar-refractivity contribution in [2.45, 2.75) is 26.7 Å². The van der Waals surface area contributed by atoms with Crippen molar-refractivity contribution in [1.29, 1.82) is 0 Å². The van der Waals surface area contributed by atoms with E-state index in [1.165, 1.54) is 6.92 Å². The van der Waals surface area contributed by atoms with Crippen molar-refractivity contribution >= 4 is 22.6 Å². The van der Waals surface area contributed by atoms with Gasteiger partial charge in [-0.05, 0) is 55.7 Å². The van der Waals surface area contributed by atoms with Gasteiger partial charge in [-0.25, -0.2) is 0 Å². The third-order valence-corrected chi connectivity index (χ3v) is 6.00. The highest BCUT2D eigenvalue weighted by Crippen LogP contribution is 2.31. The fraction of sp³-hybridized carbons (Fsp3) is 0.231. The third kappa shape index (κ3) is 3.91. The number of carbonyl (C=O) groups excluding carboxylic acids is 2. The summed E-state index contributed by atoms with van der Waals surface area (Å²) < 4.78 is 5.30. The highest BCUT2D eigenvalue weighted by molar-refractivity contribution is 6.02. The molecule has 2 heterocycles. The first-order valence-corrected chi connectivity index (χ1v) is 10.6. The maximum atomic E-state index is 13.0. The van der Waals surface area contributed by atoms with Gasteiger partial charge in [0.25, 0.3) is 5.91 Å². The Morgan fingerprint density at radius 3 is 2.44 bits per heavy atom. The average molecular weight is 430 g/mol. The van der Waals surface area contributed by atoms with Crippen molar-refractivity contribution in [2.24, 2.45) is 0 Å². The number of hydrogen-bond acceptors (Lipinski definition) is 3. The van der Waals surface area contributed by atoms with Gasteiger partial charge in [-0.3, -0.25) is 9.59 Å². The van der Waals surface area contributed by atoms with E-state index in [9.17, 15) is 9.59 Å². The Kier molecular flexibility index (Phi) is 5.86. The highest BCUT2D eigenvalue weighted by atomic mass is 16.5. The molecule has 1 amide bonds. The van der Waals surface area contributed by atoms with Crippen LogP contribution in [0, 0.1) is 13.8 Å². The van der Waals surface area contributed by atoms with Gasteiger partial charge < -0.3 is 20.0 Å². The Balaban J connectivity index is 1.66. The lowest BCUT2D eigenvalue weighted by molar-refractivity contribution is 0.0947. The Morgan fingerprint density at radius 2 is 1.78 bits per heavy atom. The molecule has 0 aliphatic heterocycles. The number of para-hydroxylation sites is 1. The largest absolute Gasteiger partial charge is 0.497 e. The predicted molar refractivity (Wildman–Crippen MR) is 126 cm³/mol. The van der Waals surface area contributed by atoms with Gasteiger partial charge >= 0.3 is 0 Å². The van der Waals surface area contributed by atoms with Crippen LogP contribution in [0.3, 0.4) is 0 Å². The molecule has 4 rings (SSSR count). The second-order valence-corrected chi connectivity index (χ2v) is 8.01. The van der Waals surface area contributed by atoms with Crippen LogP contribution in [0.15, 0.2) is 54.7 Å². The molecule has 1 atom stereocenters. The molecule has 4 aromatic rings. The molecular weight excluding hydrogens is 402 g/mol. The van der Waals surface area contributed by atoms with Gasteiger partial charge in [-0.2, -0.15) is 0 Å². The van der Waals surface area contributed by atoms with Gasteiger partial charge in [0.2, 0.25) is 0 Å². The lowest BCUT2D eigenvalue weighted by Gasteiger charge is -2.18. The molecule has 3 N–H and O–H groups in total. The van der Waals surface area contributed by atoms with Crippen molar-refractivity contribution in [3.05, 3.63) is 88.4 Å². The lowest BCUT2D eigenvalue weighted by atomic mass is 9.90. The highest BCUT2D eigenvalue weighted by Gasteiger charge is 2.23. The molecule has 2 aromatic carbocycles. The van der Waals surface area contributed by atoms with Crippen LogP contribution in [0.1, 0.15) is 56.1 Å². The minimum absolute atomic E-state index is 0.0507. The summed E-state index contributed by atoms with van der Waals surface area (Å²) in [5, 5.41) is 4.19. The summed E-state index contributed by atoms with van der Waals surface area (Å²) >= 11 is 0. The number of H-pyrrole nitrogens is 2. The number of benzene rings is 2. The molecule has 6 heteroatoms. The first-order chi connectivity index (χ1) is 15.4. The van der Waals surface area contributed by atoms with Gasteiger partial charge in [0.05, 0.1) is 7.11 Å². The fourth-order valence-electron chi connectivity index (χ4n) is 4.41. The second-order valence-electron chi connectivity index (χ2n) is 8.01. The molecule has 0 fully saturated rings. The number of ketones is 1. The monoisotopic (exact) mass is 429 g/mol. The zero-order valence-corrected chi connectivity index (χ0v) is 18.7. The summed E-state index contributed by atoms with van der Waals surface area (Å²) in [5.74, 6) is 0.441. The van der Waals surface area contributed by atoms with Crippen molar-refractivity contribution in [3.63, 3.8) is 0 Å². The summed E-state index contributed by atoms with van der Waals surface area (Å²) in [6.45, 7) is 5.53. The fourth-order valence-corrected chi connectivity index (χ4v) is 4.41. The van der Waals surface area contributed by atoms with Gasteiger partial charge in [0, 0.05) is 40.8 Å². The molecule has 0 unspecified atom stereocenters. The topological polar surface area (TPSA) is 87.0 Å². The number of aryl methyl sites for hydroxylation is 1. The van der Waals surface area contributed by atoms with Crippen molar-refractivity contribution in [3.8, 4) is 5.75 Å². The minimum atomic E-state index is -0.226. The van der Waals surface area contributed by atoms with Gasteiger partial charge in [-0.15, -0.1) is 0 Å². The lowest BCUT2D eigenvalue weighted by Crippen LogP contribution is -2.29. The van der Waals surface area contributed by atoms with Crippen LogP contribution >= 0.6 is 0 Å². The number of amides is 1. The maximum absolute atomic E-state index is 13.0. The molecule has 164 valence electrons. The summed E-state index contributed by atoms with van der Waals surface area (Å²) in [6.07, 6.45) is 2.00. The zero-order chi connectivity index (χ0) is 22.8. The molecule has 0 saturated carbocycles. The molecule has 0 saturated heterocycles. The summed E-state index contributed by atoms with van der Waals surface area (Å²) in [7, 11) is 1.64. The number of carbonyl (C=O) groups is 2. The number of methoxy groups -OCH3 is 1. The molecule has 0 aliphatic carbocycles. The zero-order valence-electron chi connectivity index (χ0n) is 18.7. The molecule has 0 bridgehead atoms. The molecular formula is C26H27N3O3. The normalized spacial score (nSPS) is 12.0. The van der Waals surface area contributed by atoms with Crippen LogP contribution in [0.25, 0.3) is 10.9 Å². The smallest absolute Gasteiger partial charge is 0.268 e. The van der Waals surface area contributed by atoms with Crippen LogP contribution in [0.4, 0.5) is 0 Å². The third-order valence-electron chi connectivity index (χ3n) is 6.00. The van der Waals surface area contributed by atoms with E-state index in [0.717, 1.165) is 27.8 Å². The van der Waals surface area contributed by atoms with E-state index in [1.807, 2.05) is 55.6 Å². The van der Waals surface area contributed by atoms with E-state index >= 15 is 0 Å². The summed E-state index contributed by atoms with van der Waals surface area (Å²) in [6, 6.07) is 16.0. The molecule has 2 aromatic heterocycles. The number of nitrogens with one attached hydrogen (secondary N) is 3. The number of hydrogen-bond donors (Lipinski definition) is 3. The minimum Gasteiger partial charge on any atom is -0.497 e. The van der Waals surface area contributed by atoms with Crippen LogP contribution in [0.5, 0.6) is 5.75 Å². The second kappa shape index (κ2) is 8.75. The van der Waals surface area contributed by atoms with E-state index in [-0.39, 0.29) is 17.6 Å². The Bertz CT molecular complexity index is 1280. The Hall–Kier alpha value is -3.80. The van der Waals surface area contributed by atoms with Crippen molar-refractivity contribution < 1.29 is 14.3 Å². The number of aromatic amines is 2. The van der Waals surface area contributed by atoms with Crippen LogP contribution in [-0.2, 0) is 0 Å².